The van der Waals surface area contributed by atoms with Crippen LogP contribution < -0.4 is 5.32 Å². The Kier molecular flexibility index (Phi) is 5.88. The molecule has 0 aromatic rings. The molecule has 2 aliphatic rings. The number of hydrogen-bond donors (Lipinski definition) is 2. The smallest absolute Gasteiger partial charge is 0.317 e. The molecule has 1 atom stereocenters. The third-order valence-corrected chi connectivity index (χ3v) is 5.12. The van der Waals surface area contributed by atoms with Crippen molar-refractivity contribution in [3.63, 3.8) is 0 Å². The maximum absolute atomic E-state index is 12.1. The molecule has 1 heterocycles. The number of urea groups is 1. The van der Waals surface area contributed by atoms with Crippen LogP contribution in [0.3, 0.4) is 0 Å². The number of amides is 2. The van der Waals surface area contributed by atoms with Gasteiger partial charge in [0.25, 0.3) is 0 Å². The van der Waals surface area contributed by atoms with Crippen molar-refractivity contribution in [1.82, 2.24) is 10.2 Å². The highest BCUT2D eigenvalue weighted by atomic mass is 16.4. The van der Waals surface area contributed by atoms with Crippen LogP contribution in [0.4, 0.5) is 4.79 Å². The molecule has 2 N–H and O–H groups in total. The van der Waals surface area contributed by atoms with E-state index in [9.17, 15) is 9.59 Å². The lowest BCUT2D eigenvalue weighted by atomic mass is 9.81. The summed E-state index contributed by atoms with van der Waals surface area (Å²) in [6.07, 6.45) is 7.29. The standard InChI is InChI=1S/C16H28N2O3/c1-2-12-3-5-13(6-4-12)10-17-16(21)18-8-7-14(11-18)9-15(19)20/h12-14H,2-11H2,1H3,(H,17,21)(H,19,20). The van der Waals surface area contributed by atoms with E-state index in [2.05, 4.69) is 12.2 Å². The molecule has 0 aromatic heterocycles. The molecule has 2 rings (SSSR count). The summed E-state index contributed by atoms with van der Waals surface area (Å²) in [5.41, 5.74) is 0. The summed E-state index contributed by atoms with van der Waals surface area (Å²) in [4.78, 5) is 24.6. The number of carbonyl (C=O) groups excluding carboxylic acids is 1. The van der Waals surface area contributed by atoms with Crippen LogP contribution in [-0.4, -0.2) is 41.6 Å². The lowest BCUT2D eigenvalue weighted by molar-refractivity contribution is -0.138. The number of carboxylic acids is 1. The second-order valence-corrected chi connectivity index (χ2v) is 6.68. The normalized spacial score (nSPS) is 29.4. The molecule has 5 nitrogen and oxygen atoms in total. The van der Waals surface area contributed by atoms with Gasteiger partial charge in [-0.2, -0.15) is 0 Å². The second-order valence-electron chi connectivity index (χ2n) is 6.68. The molecule has 2 fully saturated rings. The molecular weight excluding hydrogens is 268 g/mol. The van der Waals surface area contributed by atoms with Crippen molar-refractivity contribution < 1.29 is 14.7 Å². The van der Waals surface area contributed by atoms with Crippen LogP contribution in [0.5, 0.6) is 0 Å². The topological polar surface area (TPSA) is 69.6 Å². The van der Waals surface area contributed by atoms with Crippen molar-refractivity contribution in [2.75, 3.05) is 19.6 Å². The van der Waals surface area contributed by atoms with Gasteiger partial charge in [0.2, 0.25) is 0 Å². The number of nitrogens with one attached hydrogen (secondary N) is 1. The van der Waals surface area contributed by atoms with E-state index in [-0.39, 0.29) is 18.4 Å². The Bertz CT molecular complexity index is 365. The van der Waals surface area contributed by atoms with Gasteiger partial charge in [-0.1, -0.05) is 26.2 Å². The van der Waals surface area contributed by atoms with E-state index >= 15 is 0 Å². The monoisotopic (exact) mass is 296 g/mol. The molecule has 0 bridgehead atoms. The van der Waals surface area contributed by atoms with E-state index in [1.165, 1.54) is 32.1 Å². The molecule has 0 aromatic carbocycles. The van der Waals surface area contributed by atoms with Gasteiger partial charge in [0.05, 0.1) is 0 Å². The predicted molar refractivity (Wildman–Crippen MR) is 81.1 cm³/mol. The molecule has 21 heavy (non-hydrogen) atoms. The second kappa shape index (κ2) is 7.66. The summed E-state index contributed by atoms with van der Waals surface area (Å²) in [5, 5.41) is 11.8. The highest BCUT2D eigenvalue weighted by molar-refractivity contribution is 5.74. The number of rotatable bonds is 5. The van der Waals surface area contributed by atoms with E-state index in [0.717, 1.165) is 18.9 Å². The predicted octanol–water partition coefficient (Wildman–Crippen LogP) is 2.71. The number of carboxylic acid groups (broad SMARTS) is 1. The molecule has 120 valence electrons. The van der Waals surface area contributed by atoms with Crippen molar-refractivity contribution in [1.29, 1.82) is 0 Å². The molecule has 1 aliphatic carbocycles. The number of nitrogens with zero attached hydrogens (tertiary/aromatic N) is 1. The minimum Gasteiger partial charge on any atom is -0.481 e. The van der Waals surface area contributed by atoms with Crippen molar-refractivity contribution in [3.8, 4) is 0 Å². The van der Waals surface area contributed by atoms with Crippen molar-refractivity contribution in [2.24, 2.45) is 17.8 Å². The fourth-order valence-corrected chi connectivity index (χ4v) is 3.62. The minimum absolute atomic E-state index is 0.0134. The average Bonchev–Trinajstić information content (AvgIpc) is 2.93. The Morgan fingerprint density at radius 3 is 2.38 bits per heavy atom. The van der Waals surface area contributed by atoms with Crippen molar-refractivity contribution in [2.45, 2.75) is 51.9 Å². The molecular formula is C16H28N2O3. The third kappa shape index (κ3) is 4.90. The van der Waals surface area contributed by atoms with Crippen LogP contribution in [0.1, 0.15) is 51.9 Å². The Balaban J connectivity index is 1.65. The molecule has 1 aliphatic heterocycles. The molecule has 1 saturated heterocycles. The molecule has 0 radical (unpaired) electrons. The van der Waals surface area contributed by atoms with E-state index in [0.29, 0.717) is 19.0 Å². The minimum atomic E-state index is -0.769. The van der Waals surface area contributed by atoms with Crippen LogP contribution in [0.15, 0.2) is 0 Å². The van der Waals surface area contributed by atoms with Gasteiger partial charge in [-0.05, 0) is 37.0 Å². The number of likely N-dealkylation sites (tertiary alicyclic amines) is 1. The molecule has 5 heteroatoms. The number of aliphatic carboxylic acids is 1. The first-order valence-corrected chi connectivity index (χ1v) is 8.33. The maximum atomic E-state index is 12.1. The third-order valence-electron chi connectivity index (χ3n) is 5.12. The highest BCUT2D eigenvalue weighted by Gasteiger charge is 2.28. The van der Waals surface area contributed by atoms with Gasteiger partial charge in [0, 0.05) is 26.1 Å². The highest BCUT2D eigenvalue weighted by Crippen LogP contribution is 2.30. The Morgan fingerprint density at radius 2 is 1.76 bits per heavy atom. The molecule has 1 unspecified atom stereocenters. The van der Waals surface area contributed by atoms with E-state index < -0.39 is 5.97 Å². The first-order chi connectivity index (χ1) is 10.1. The number of hydrogen-bond acceptors (Lipinski definition) is 2. The van der Waals surface area contributed by atoms with Gasteiger partial charge in [-0.3, -0.25) is 4.79 Å². The van der Waals surface area contributed by atoms with E-state index in [4.69, 9.17) is 5.11 Å². The first-order valence-electron chi connectivity index (χ1n) is 8.33. The van der Waals surface area contributed by atoms with Gasteiger partial charge in [-0.25, -0.2) is 4.79 Å². The van der Waals surface area contributed by atoms with Gasteiger partial charge in [0.15, 0.2) is 0 Å². The van der Waals surface area contributed by atoms with Crippen LogP contribution in [0.25, 0.3) is 0 Å². The van der Waals surface area contributed by atoms with Gasteiger partial charge < -0.3 is 15.3 Å². The molecule has 2 amide bonds. The molecule has 1 saturated carbocycles. The fraction of sp³-hybridized carbons (Fsp3) is 0.875. The zero-order chi connectivity index (χ0) is 15.2. The van der Waals surface area contributed by atoms with Crippen molar-refractivity contribution >= 4 is 12.0 Å². The Labute approximate surface area is 127 Å². The Hall–Kier alpha value is -1.26. The summed E-state index contributed by atoms with van der Waals surface area (Å²) < 4.78 is 0. The van der Waals surface area contributed by atoms with Gasteiger partial charge >= 0.3 is 12.0 Å². The SMILES string of the molecule is CCC1CCC(CNC(=O)N2CCC(CC(=O)O)C2)CC1. The largest absolute Gasteiger partial charge is 0.481 e. The summed E-state index contributed by atoms with van der Waals surface area (Å²) >= 11 is 0. The van der Waals surface area contributed by atoms with E-state index in [1.54, 1.807) is 4.90 Å². The fourth-order valence-electron chi connectivity index (χ4n) is 3.62. The van der Waals surface area contributed by atoms with E-state index in [1.807, 2.05) is 0 Å². The van der Waals surface area contributed by atoms with Crippen LogP contribution in [0, 0.1) is 17.8 Å². The quantitative estimate of drug-likeness (QED) is 0.819. The van der Waals surface area contributed by atoms with Crippen molar-refractivity contribution in [3.05, 3.63) is 0 Å². The summed E-state index contributed by atoms with van der Waals surface area (Å²) in [5.74, 6) is 0.852. The summed E-state index contributed by atoms with van der Waals surface area (Å²) in [6.45, 7) is 4.30. The Morgan fingerprint density at radius 1 is 1.10 bits per heavy atom. The number of carbonyl (C=O) groups is 2. The lowest BCUT2D eigenvalue weighted by Crippen LogP contribution is -2.41. The van der Waals surface area contributed by atoms with Gasteiger partial charge in [0.1, 0.15) is 0 Å². The van der Waals surface area contributed by atoms with Crippen LogP contribution in [0.2, 0.25) is 0 Å². The summed E-state index contributed by atoms with van der Waals surface area (Å²) in [7, 11) is 0. The lowest BCUT2D eigenvalue weighted by Gasteiger charge is -2.28. The maximum Gasteiger partial charge on any atom is 0.317 e. The van der Waals surface area contributed by atoms with Gasteiger partial charge in [-0.15, -0.1) is 0 Å². The molecule has 0 spiro atoms. The average molecular weight is 296 g/mol. The first kappa shape index (κ1) is 16.1. The zero-order valence-corrected chi connectivity index (χ0v) is 13.0. The van der Waals surface area contributed by atoms with Crippen LogP contribution in [-0.2, 0) is 4.79 Å². The zero-order valence-electron chi connectivity index (χ0n) is 13.0. The van der Waals surface area contributed by atoms with Crippen LogP contribution >= 0.6 is 0 Å². The summed E-state index contributed by atoms with van der Waals surface area (Å²) in [6, 6.07) is -0.0134.